The molecule has 1 aromatic rings. The summed E-state index contributed by atoms with van der Waals surface area (Å²) in [5.41, 5.74) is -1.45. The van der Waals surface area contributed by atoms with Crippen LogP contribution in [0, 0.1) is 0 Å². The van der Waals surface area contributed by atoms with Crippen molar-refractivity contribution >= 4 is 22.1 Å². The van der Waals surface area contributed by atoms with E-state index in [-0.39, 0.29) is 0 Å². The summed E-state index contributed by atoms with van der Waals surface area (Å²) in [6.45, 7) is 0.405. The number of sulfonamides is 1. The van der Waals surface area contributed by atoms with Gasteiger partial charge in [-0.05, 0) is 18.6 Å². The van der Waals surface area contributed by atoms with Gasteiger partial charge in [-0.15, -0.1) is 0 Å². The second-order valence-corrected chi connectivity index (χ2v) is 5.81. The van der Waals surface area contributed by atoms with Crippen LogP contribution in [0.3, 0.4) is 0 Å². The molecule has 0 aliphatic heterocycles. The molecule has 3 N–H and O–H groups in total. The number of benzene rings is 1. The van der Waals surface area contributed by atoms with Gasteiger partial charge in [0.1, 0.15) is 0 Å². The maximum atomic E-state index is 11.6. The van der Waals surface area contributed by atoms with Crippen LogP contribution >= 0.6 is 0 Å². The van der Waals surface area contributed by atoms with Crippen molar-refractivity contribution < 1.29 is 23.4 Å². The van der Waals surface area contributed by atoms with E-state index in [0.717, 1.165) is 12.3 Å². The number of hydrogen-bond acceptors (Lipinski definition) is 4. The van der Waals surface area contributed by atoms with Gasteiger partial charge in [0, 0.05) is 5.41 Å². The Bertz CT molecular complexity index is 563. The molecule has 7 heteroatoms. The van der Waals surface area contributed by atoms with Crippen molar-refractivity contribution in [2.75, 3.05) is 6.54 Å². The predicted molar refractivity (Wildman–Crippen MR) is 70.7 cm³/mol. The molecule has 0 amide bonds. The van der Waals surface area contributed by atoms with Crippen LogP contribution in [0.5, 0.6) is 0 Å². The number of carboxylic acid groups (broad SMARTS) is 1. The van der Waals surface area contributed by atoms with E-state index >= 15 is 0 Å². The highest BCUT2D eigenvalue weighted by atomic mass is 32.2. The third kappa shape index (κ3) is 5.21. The predicted octanol–water partition coefficient (Wildman–Crippen LogP) is 0.412. The lowest BCUT2D eigenvalue weighted by molar-refractivity contribution is -0.155. The molecule has 6 nitrogen and oxygen atoms in total. The van der Waals surface area contributed by atoms with Gasteiger partial charge < -0.3 is 10.2 Å². The van der Waals surface area contributed by atoms with Gasteiger partial charge in [0.2, 0.25) is 10.0 Å². The topological polar surface area (TPSA) is 104 Å². The monoisotopic (exact) mass is 285 g/mol. The summed E-state index contributed by atoms with van der Waals surface area (Å²) in [6.07, 6.45) is 1.37. The van der Waals surface area contributed by atoms with Gasteiger partial charge in [-0.1, -0.05) is 30.3 Å². The smallest absolute Gasteiger partial charge is 0.336 e. The Hall–Kier alpha value is -1.70. The highest BCUT2D eigenvalue weighted by Gasteiger charge is 2.30. The van der Waals surface area contributed by atoms with Crippen LogP contribution in [0.25, 0.3) is 6.08 Å². The van der Waals surface area contributed by atoms with E-state index in [0.29, 0.717) is 5.56 Å². The fraction of sp³-hybridized carbons (Fsp3) is 0.250. The standard InChI is InChI=1S/C12H15NO5S/c1-12(16,11(14)15)9-13-19(17,18)8-7-10-5-3-2-4-6-10/h2-8,13,16H,9H2,1H3,(H,14,15). The zero-order chi connectivity index (χ0) is 14.5. The molecule has 0 spiro atoms. The lowest BCUT2D eigenvalue weighted by atomic mass is 10.1. The largest absolute Gasteiger partial charge is 0.479 e. The van der Waals surface area contributed by atoms with Gasteiger partial charge in [0.25, 0.3) is 0 Å². The molecule has 0 saturated carbocycles. The number of hydrogen-bond donors (Lipinski definition) is 3. The average molecular weight is 285 g/mol. The normalized spacial score (nSPS) is 15.3. The Morgan fingerprint density at radius 3 is 2.47 bits per heavy atom. The second kappa shape index (κ2) is 5.96. The summed E-state index contributed by atoms with van der Waals surface area (Å²) in [4.78, 5) is 10.6. The highest BCUT2D eigenvalue weighted by Crippen LogP contribution is 2.05. The van der Waals surface area contributed by atoms with Crippen molar-refractivity contribution in [3.05, 3.63) is 41.3 Å². The highest BCUT2D eigenvalue weighted by molar-refractivity contribution is 7.92. The van der Waals surface area contributed by atoms with E-state index in [1.54, 1.807) is 30.3 Å². The SMILES string of the molecule is CC(O)(CNS(=O)(=O)C=Cc1ccccc1)C(=O)O. The molecule has 1 rings (SSSR count). The average Bonchev–Trinajstić information content (AvgIpc) is 2.36. The summed E-state index contributed by atoms with van der Waals surface area (Å²) >= 11 is 0. The Morgan fingerprint density at radius 2 is 1.95 bits per heavy atom. The Balaban J connectivity index is 2.68. The summed E-state index contributed by atoms with van der Waals surface area (Å²) in [5, 5.41) is 18.9. The van der Waals surface area contributed by atoms with Gasteiger partial charge in [0.15, 0.2) is 5.60 Å². The van der Waals surface area contributed by atoms with Gasteiger partial charge in [0.05, 0.1) is 6.54 Å². The zero-order valence-corrected chi connectivity index (χ0v) is 11.1. The van der Waals surface area contributed by atoms with Gasteiger partial charge in [-0.3, -0.25) is 0 Å². The van der Waals surface area contributed by atoms with E-state index in [4.69, 9.17) is 5.11 Å². The minimum absolute atomic E-state index is 0.607. The molecule has 0 aliphatic rings. The van der Waals surface area contributed by atoms with E-state index in [2.05, 4.69) is 0 Å². The molecule has 19 heavy (non-hydrogen) atoms. The summed E-state index contributed by atoms with van der Waals surface area (Å²) in [7, 11) is -3.80. The fourth-order valence-corrected chi connectivity index (χ4v) is 2.01. The summed E-state index contributed by atoms with van der Waals surface area (Å²) < 4.78 is 25.1. The molecule has 0 aliphatic carbocycles. The molecular formula is C12H15NO5S. The van der Waals surface area contributed by atoms with E-state index < -0.39 is 28.1 Å². The van der Waals surface area contributed by atoms with Crippen LogP contribution in [-0.4, -0.2) is 36.7 Å². The second-order valence-electron chi connectivity index (χ2n) is 4.16. The van der Waals surface area contributed by atoms with E-state index in [9.17, 15) is 18.3 Å². The first-order valence-electron chi connectivity index (χ1n) is 5.41. The number of aliphatic hydroxyl groups is 1. The summed E-state index contributed by atoms with van der Waals surface area (Å²) in [6, 6.07) is 8.76. The van der Waals surface area contributed by atoms with Crippen molar-refractivity contribution in [2.24, 2.45) is 0 Å². The van der Waals surface area contributed by atoms with E-state index in [1.165, 1.54) is 6.08 Å². The van der Waals surface area contributed by atoms with Crippen molar-refractivity contribution in [2.45, 2.75) is 12.5 Å². The van der Waals surface area contributed by atoms with Crippen LogP contribution in [0.4, 0.5) is 0 Å². The van der Waals surface area contributed by atoms with Crippen LogP contribution in [0.15, 0.2) is 35.7 Å². The van der Waals surface area contributed by atoms with Gasteiger partial charge >= 0.3 is 5.97 Å². The van der Waals surface area contributed by atoms with Crippen molar-refractivity contribution in [3.63, 3.8) is 0 Å². The molecule has 0 fully saturated rings. The fourth-order valence-electron chi connectivity index (χ4n) is 1.10. The minimum atomic E-state index is -3.80. The van der Waals surface area contributed by atoms with Crippen molar-refractivity contribution in [1.82, 2.24) is 4.72 Å². The number of nitrogens with one attached hydrogen (secondary N) is 1. The number of carboxylic acids is 1. The van der Waals surface area contributed by atoms with Crippen LogP contribution in [0.2, 0.25) is 0 Å². The third-order valence-corrected chi connectivity index (χ3v) is 3.36. The lowest BCUT2D eigenvalue weighted by Crippen LogP contribution is -2.46. The van der Waals surface area contributed by atoms with Crippen LogP contribution < -0.4 is 4.72 Å². The molecular weight excluding hydrogens is 270 g/mol. The molecule has 1 atom stereocenters. The Labute approximate surface area is 111 Å². The van der Waals surface area contributed by atoms with Crippen molar-refractivity contribution in [3.8, 4) is 0 Å². The molecule has 104 valence electrons. The molecule has 0 saturated heterocycles. The van der Waals surface area contributed by atoms with Gasteiger partial charge in [-0.2, -0.15) is 0 Å². The first-order chi connectivity index (χ1) is 8.73. The first-order valence-corrected chi connectivity index (χ1v) is 6.96. The quantitative estimate of drug-likeness (QED) is 0.702. The maximum Gasteiger partial charge on any atom is 0.336 e. The first kappa shape index (κ1) is 15.4. The maximum absolute atomic E-state index is 11.6. The summed E-state index contributed by atoms with van der Waals surface area (Å²) in [5.74, 6) is -1.50. The zero-order valence-electron chi connectivity index (χ0n) is 10.3. The number of aliphatic carboxylic acids is 1. The van der Waals surface area contributed by atoms with Crippen LogP contribution in [-0.2, 0) is 14.8 Å². The Kier molecular flexibility index (Phi) is 4.82. The number of carbonyl (C=O) groups is 1. The molecule has 0 bridgehead atoms. The molecule has 0 heterocycles. The Morgan fingerprint density at radius 1 is 1.37 bits per heavy atom. The lowest BCUT2D eigenvalue weighted by Gasteiger charge is -2.17. The molecule has 1 aromatic carbocycles. The van der Waals surface area contributed by atoms with Crippen molar-refractivity contribution in [1.29, 1.82) is 0 Å². The molecule has 0 aromatic heterocycles. The molecule has 1 unspecified atom stereocenters. The number of rotatable bonds is 6. The van der Waals surface area contributed by atoms with Crippen LogP contribution in [0.1, 0.15) is 12.5 Å². The van der Waals surface area contributed by atoms with E-state index in [1.807, 2.05) is 4.72 Å². The third-order valence-electron chi connectivity index (χ3n) is 2.32. The molecule has 0 radical (unpaired) electrons. The van der Waals surface area contributed by atoms with Gasteiger partial charge in [-0.25, -0.2) is 17.9 Å². The minimum Gasteiger partial charge on any atom is -0.479 e.